The van der Waals surface area contributed by atoms with Crippen molar-refractivity contribution in [2.75, 3.05) is 6.54 Å². The van der Waals surface area contributed by atoms with E-state index >= 15 is 0 Å². The highest BCUT2D eigenvalue weighted by Gasteiger charge is 2.12. The van der Waals surface area contributed by atoms with Crippen LogP contribution in [0.1, 0.15) is 21.1 Å². The normalized spacial score (nSPS) is 12.6. The lowest BCUT2D eigenvalue weighted by atomic mass is 9.96. The second-order valence-electron chi connectivity index (χ2n) is 4.89. The largest absolute Gasteiger partial charge is 0.330 e. The molecule has 2 rings (SSSR count). The summed E-state index contributed by atoms with van der Waals surface area (Å²) in [6.45, 7) is 4.90. The van der Waals surface area contributed by atoms with E-state index in [0.717, 1.165) is 23.0 Å². The molecule has 1 aromatic carbocycles. The van der Waals surface area contributed by atoms with Crippen LogP contribution in [0, 0.1) is 19.8 Å². The van der Waals surface area contributed by atoms with E-state index in [9.17, 15) is 0 Å². The van der Waals surface area contributed by atoms with Crippen molar-refractivity contribution in [2.24, 2.45) is 11.7 Å². The molecule has 2 aromatic rings. The number of hydrogen-bond donors (Lipinski definition) is 1. The van der Waals surface area contributed by atoms with Gasteiger partial charge in [0.1, 0.15) is 0 Å². The molecule has 19 heavy (non-hydrogen) atoms. The molecule has 0 saturated heterocycles. The molecule has 0 aliphatic heterocycles. The van der Waals surface area contributed by atoms with E-state index in [1.807, 2.05) is 0 Å². The molecule has 0 spiro atoms. The predicted molar refractivity (Wildman–Crippen MR) is 85.7 cm³/mol. The third kappa shape index (κ3) is 4.13. The molecule has 0 aliphatic carbocycles. The number of rotatable bonds is 5. The maximum absolute atomic E-state index is 5.91. The molecule has 0 fully saturated rings. The van der Waals surface area contributed by atoms with Crippen LogP contribution in [0.25, 0.3) is 0 Å². The number of aromatic nitrogens is 1. The molecular formula is C15H19BrN2S. The summed E-state index contributed by atoms with van der Waals surface area (Å²) in [5, 5.41) is 1.21. The number of halogens is 1. The summed E-state index contributed by atoms with van der Waals surface area (Å²) in [5.74, 6) is 0.464. The fraction of sp³-hybridized carbons (Fsp3) is 0.400. The molecule has 4 heteroatoms. The lowest BCUT2D eigenvalue weighted by molar-refractivity contribution is 0.531. The SMILES string of the molecule is Cc1nc(CC(CN)Cc2ccc(Br)cc2)sc1C. The fourth-order valence-electron chi connectivity index (χ4n) is 2.07. The first kappa shape index (κ1) is 14.7. The van der Waals surface area contributed by atoms with Crippen LogP contribution in [-0.4, -0.2) is 11.5 Å². The Morgan fingerprint density at radius 3 is 2.42 bits per heavy atom. The molecule has 1 unspecified atom stereocenters. The van der Waals surface area contributed by atoms with Crippen molar-refractivity contribution in [2.45, 2.75) is 26.7 Å². The van der Waals surface area contributed by atoms with E-state index in [4.69, 9.17) is 5.73 Å². The number of thiazole rings is 1. The van der Waals surface area contributed by atoms with Crippen LogP contribution in [0.2, 0.25) is 0 Å². The molecule has 1 aromatic heterocycles. The zero-order chi connectivity index (χ0) is 13.8. The Balaban J connectivity index is 2.02. The van der Waals surface area contributed by atoms with E-state index in [-0.39, 0.29) is 0 Å². The van der Waals surface area contributed by atoms with Crippen LogP contribution >= 0.6 is 27.3 Å². The average molecular weight is 339 g/mol. The van der Waals surface area contributed by atoms with E-state index < -0.39 is 0 Å². The Labute approximate surface area is 127 Å². The highest BCUT2D eigenvalue weighted by molar-refractivity contribution is 9.10. The van der Waals surface area contributed by atoms with Gasteiger partial charge in [0, 0.05) is 15.8 Å². The minimum Gasteiger partial charge on any atom is -0.330 e. The van der Waals surface area contributed by atoms with Gasteiger partial charge in [0.25, 0.3) is 0 Å². The Morgan fingerprint density at radius 2 is 1.89 bits per heavy atom. The third-order valence-corrected chi connectivity index (χ3v) is 4.93. The summed E-state index contributed by atoms with van der Waals surface area (Å²) in [7, 11) is 0. The third-order valence-electron chi connectivity index (χ3n) is 3.31. The monoisotopic (exact) mass is 338 g/mol. The van der Waals surface area contributed by atoms with Gasteiger partial charge < -0.3 is 5.73 Å². The Bertz CT molecular complexity index is 514. The lowest BCUT2D eigenvalue weighted by Gasteiger charge is -2.13. The van der Waals surface area contributed by atoms with Crippen molar-refractivity contribution < 1.29 is 0 Å². The number of benzene rings is 1. The van der Waals surface area contributed by atoms with Crippen molar-refractivity contribution in [1.29, 1.82) is 0 Å². The molecular weight excluding hydrogens is 320 g/mol. The standard InChI is InChI=1S/C15H19BrN2S/c1-10-11(2)19-15(18-10)8-13(9-17)7-12-3-5-14(16)6-4-12/h3-6,13H,7-9,17H2,1-2H3. The first-order valence-electron chi connectivity index (χ1n) is 6.46. The second kappa shape index (κ2) is 6.64. The molecule has 102 valence electrons. The number of aryl methyl sites for hydroxylation is 2. The summed E-state index contributed by atoms with van der Waals surface area (Å²) < 4.78 is 1.12. The summed E-state index contributed by atoms with van der Waals surface area (Å²) in [5.41, 5.74) is 8.40. The topological polar surface area (TPSA) is 38.9 Å². The van der Waals surface area contributed by atoms with E-state index in [2.05, 4.69) is 59.0 Å². The zero-order valence-electron chi connectivity index (χ0n) is 11.3. The fourth-order valence-corrected chi connectivity index (χ4v) is 3.38. The van der Waals surface area contributed by atoms with Crippen LogP contribution in [-0.2, 0) is 12.8 Å². The Kier molecular flexibility index (Phi) is 5.13. The predicted octanol–water partition coefficient (Wildman–Crippen LogP) is 3.88. The van der Waals surface area contributed by atoms with Gasteiger partial charge in [-0.2, -0.15) is 0 Å². The second-order valence-corrected chi connectivity index (χ2v) is 7.09. The zero-order valence-corrected chi connectivity index (χ0v) is 13.7. The van der Waals surface area contributed by atoms with E-state index in [0.29, 0.717) is 12.5 Å². The summed E-state index contributed by atoms with van der Waals surface area (Å²) in [6.07, 6.45) is 1.99. The summed E-state index contributed by atoms with van der Waals surface area (Å²) >= 11 is 5.26. The number of nitrogens with two attached hydrogens (primary N) is 1. The van der Waals surface area contributed by atoms with E-state index in [1.54, 1.807) is 11.3 Å². The highest BCUT2D eigenvalue weighted by Crippen LogP contribution is 2.21. The van der Waals surface area contributed by atoms with Crippen molar-refractivity contribution in [3.8, 4) is 0 Å². The molecule has 0 radical (unpaired) electrons. The Hall–Kier alpha value is -0.710. The van der Waals surface area contributed by atoms with Crippen LogP contribution in [0.3, 0.4) is 0 Å². The first-order chi connectivity index (χ1) is 9.08. The summed E-state index contributed by atoms with van der Waals surface area (Å²) in [4.78, 5) is 5.92. The minimum absolute atomic E-state index is 0.464. The van der Waals surface area contributed by atoms with Crippen LogP contribution in [0.4, 0.5) is 0 Å². The van der Waals surface area contributed by atoms with Gasteiger partial charge in [0.15, 0.2) is 0 Å². The first-order valence-corrected chi connectivity index (χ1v) is 8.07. The maximum Gasteiger partial charge on any atom is 0.0934 e. The van der Waals surface area contributed by atoms with Gasteiger partial charge in [-0.25, -0.2) is 4.98 Å². The van der Waals surface area contributed by atoms with Crippen LogP contribution in [0.15, 0.2) is 28.7 Å². The molecule has 0 amide bonds. The van der Waals surface area contributed by atoms with Crippen molar-refractivity contribution in [3.63, 3.8) is 0 Å². The smallest absolute Gasteiger partial charge is 0.0934 e. The van der Waals surface area contributed by atoms with Crippen LogP contribution in [0.5, 0.6) is 0 Å². The summed E-state index contributed by atoms with van der Waals surface area (Å²) in [6, 6.07) is 8.48. The van der Waals surface area contributed by atoms with Crippen molar-refractivity contribution >= 4 is 27.3 Å². The molecule has 1 heterocycles. The molecule has 0 saturated carbocycles. The van der Waals surface area contributed by atoms with Gasteiger partial charge in [-0.15, -0.1) is 11.3 Å². The molecule has 2 nitrogen and oxygen atoms in total. The van der Waals surface area contributed by atoms with Gasteiger partial charge >= 0.3 is 0 Å². The highest BCUT2D eigenvalue weighted by atomic mass is 79.9. The molecule has 0 aliphatic rings. The lowest BCUT2D eigenvalue weighted by Crippen LogP contribution is -2.19. The van der Waals surface area contributed by atoms with Gasteiger partial charge in [-0.3, -0.25) is 0 Å². The van der Waals surface area contributed by atoms with Gasteiger partial charge in [0.2, 0.25) is 0 Å². The molecule has 1 atom stereocenters. The Morgan fingerprint density at radius 1 is 1.21 bits per heavy atom. The van der Waals surface area contributed by atoms with Crippen molar-refractivity contribution in [1.82, 2.24) is 4.98 Å². The quantitative estimate of drug-likeness (QED) is 0.898. The van der Waals surface area contributed by atoms with Gasteiger partial charge in [-0.05, 0) is 50.4 Å². The maximum atomic E-state index is 5.91. The number of hydrogen-bond acceptors (Lipinski definition) is 3. The van der Waals surface area contributed by atoms with Gasteiger partial charge in [-0.1, -0.05) is 28.1 Å². The molecule has 2 N–H and O–H groups in total. The number of nitrogens with zero attached hydrogens (tertiary/aromatic N) is 1. The molecule has 0 bridgehead atoms. The van der Waals surface area contributed by atoms with Crippen LogP contribution < -0.4 is 5.73 Å². The van der Waals surface area contributed by atoms with E-state index in [1.165, 1.54) is 15.4 Å². The van der Waals surface area contributed by atoms with Crippen molar-refractivity contribution in [3.05, 3.63) is 49.9 Å². The average Bonchev–Trinajstić information content (AvgIpc) is 2.70. The minimum atomic E-state index is 0.464. The van der Waals surface area contributed by atoms with Gasteiger partial charge in [0.05, 0.1) is 10.7 Å².